The van der Waals surface area contributed by atoms with Gasteiger partial charge in [-0.3, -0.25) is 14.6 Å². The van der Waals surface area contributed by atoms with Gasteiger partial charge in [0.25, 0.3) is 0 Å². The minimum atomic E-state index is 0.745. The molecule has 164 valence electrons. The lowest BCUT2D eigenvalue weighted by atomic mass is 10.1. The molecule has 6 heteroatoms. The van der Waals surface area contributed by atoms with Crippen LogP contribution >= 0.6 is 0 Å². The molecular formula is C24H38N6. The lowest BCUT2D eigenvalue weighted by Crippen LogP contribution is -2.36. The van der Waals surface area contributed by atoms with Crippen LogP contribution in [-0.4, -0.2) is 40.8 Å². The summed E-state index contributed by atoms with van der Waals surface area (Å²) in [6.07, 6.45) is 5.99. The molecule has 1 aliphatic heterocycles. The Kier molecular flexibility index (Phi) is 8.31. The van der Waals surface area contributed by atoms with Crippen molar-refractivity contribution in [2.75, 3.05) is 20.1 Å². The minimum absolute atomic E-state index is 0.745. The number of rotatable bonds is 8. The molecule has 1 aromatic carbocycles. The topological polar surface area (TPSA) is 57.5 Å². The van der Waals surface area contributed by atoms with E-state index in [9.17, 15) is 0 Å². The van der Waals surface area contributed by atoms with Gasteiger partial charge in [0.05, 0.1) is 5.69 Å². The second kappa shape index (κ2) is 11.2. The summed E-state index contributed by atoms with van der Waals surface area (Å²) < 4.78 is 2.01. The smallest absolute Gasteiger partial charge is 0.191 e. The zero-order valence-corrected chi connectivity index (χ0v) is 19.2. The van der Waals surface area contributed by atoms with Crippen LogP contribution in [0.1, 0.15) is 61.2 Å². The largest absolute Gasteiger partial charge is 0.352 e. The molecule has 6 nitrogen and oxygen atoms in total. The fraction of sp³-hybridized carbons (Fsp3) is 0.583. The number of nitrogens with one attached hydrogen (secondary N) is 2. The van der Waals surface area contributed by atoms with Crippen molar-refractivity contribution in [3.05, 3.63) is 52.3 Å². The maximum absolute atomic E-state index is 4.66. The first-order valence-corrected chi connectivity index (χ1v) is 11.4. The molecule has 0 atom stereocenters. The highest BCUT2D eigenvalue weighted by Crippen LogP contribution is 2.15. The molecule has 0 amide bonds. The quantitative estimate of drug-likeness (QED) is 0.517. The summed E-state index contributed by atoms with van der Waals surface area (Å²) in [5, 5.41) is 11.6. The third-order valence-electron chi connectivity index (χ3n) is 6.02. The molecule has 0 spiro atoms. The number of aliphatic imine (C=N–C) groups is 1. The number of aryl methyl sites for hydroxylation is 2. The van der Waals surface area contributed by atoms with Crippen molar-refractivity contribution in [3.8, 4) is 0 Å². The Bertz CT molecular complexity index is 815. The van der Waals surface area contributed by atoms with E-state index in [1.807, 2.05) is 18.8 Å². The van der Waals surface area contributed by atoms with E-state index in [1.54, 1.807) is 0 Å². The van der Waals surface area contributed by atoms with Crippen LogP contribution in [0.2, 0.25) is 0 Å². The first-order chi connectivity index (χ1) is 14.6. The number of hydrogen-bond donors (Lipinski definition) is 2. The third kappa shape index (κ3) is 5.85. The van der Waals surface area contributed by atoms with Crippen molar-refractivity contribution in [2.24, 2.45) is 12.0 Å². The van der Waals surface area contributed by atoms with E-state index in [0.717, 1.165) is 38.4 Å². The Hall–Kier alpha value is -2.34. The highest BCUT2D eigenvalue weighted by atomic mass is 15.3. The molecule has 0 unspecified atom stereocenters. The van der Waals surface area contributed by atoms with E-state index < -0.39 is 0 Å². The molecule has 3 rings (SSSR count). The average Bonchev–Trinajstić information content (AvgIpc) is 3.10. The first-order valence-electron chi connectivity index (χ1n) is 11.4. The van der Waals surface area contributed by atoms with Crippen LogP contribution in [0.25, 0.3) is 0 Å². The van der Waals surface area contributed by atoms with Gasteiger partial charge < -0.3 is 10.6 Å². The molecule has 1 aliphatic rings. The molecule has 1 saturated heterocycles. The highest BCUT2D eigenvalue weighted by Gasteiger charge is 2.14. The molecule has 0 bridgehead atoms. The Morgan fingerprint density at radius 2 is 1.63 bits per heavy atom. The third-order valence-corrected chi connectivity index (χ3v) is 6.02. The van der Waals surface area contributed by atoms with Gasteiger partial charge in [0.2, 0.25) is 0 Å². The van der Waals surface area contributed by atoms with Crippen LogP contribution in [0.15, 0.2) is 29.3 Å². The Morgan fingerprint density at radius 1 is 0.967 bits per heavy atom. The van der Waals surface area contributed by atoms with Crippen LogP contribution in [0.4, 0.5) is 0 Å². The second-order valence-electron chi connectivity index (χ2n) is 8.14. The number of benzene rings is 1. The molecule has 1 aromatic heterocycles. The summed E-state index contributed by atoms with van der Waals surface area (Å²) in [6, 6.07) is 8.98. The Morgan fingerprint density at radius 3 is 2.27 bits per heavy atom. The van der Waals surface area contributed by atoms with Gasteiger partial charge in [0.1, 0.15) is 0 Å². The maximum atomic E-state index is 4.66. The number of nitrogens with zero attached hydrogens (tertiary/aromatic N) is 4. The lowest BCUT2D eigenvalue weighted by Gasteiger charge is -2.26. The predicted octanol–water partition coefficient (Wildman–Crippen LogP) is 3.40. The fourth-order valence-electron chi connectivity index (χ4n) is 4.31. The number of piperidine rings is 1. The number of aromatic nitrogens is 2. The molecule has 2 N–H and O–H groups in total. The fourth-order valence-corrected chi connectivity index (χ4v) is 4.31. The molecule has 2 aromatic rings. The van der Waals surface area contributed by atoms with E-state index in [-0.39, 0.29) is 0 Å². The van der Waals surface area contributed by atoms with Crippen LogP contribution < -0.4 is 10.6 Å². The van der Waals surface area contributed by atoms with Crippen molar-refractivity contribution in [2.45, 2.75) is 65.6 Å². The van der Waals surface area contributed by atoms with Gasteiger partial charge in [-0.2, -0.15) is 5.10 Å². The van der Waals surface area contributed by atoms with Crippen molar-refractivity contribution in [3.63, 3.8) is 0 Å². The second-order valence-corrected chi connectivity index (χ2v) is 8.14. The van der Waals surface area contributed by atoms with Gasteiger partial charge in [0, 0.05) is 45.0 Å². The summed E-state index contributed by atoms with van der Waals surface area (Å²) in [4.78, 5) is 6.96. The molecule has 0 aliphatic carbocycles. The van der Waals surface area contributed by atoms with Gasteiger partial charge in [-0.15, -0.1) is 0 Å². The van der Waals surface area contributed by atoms with Crippen LogP contribution in [0.5, 0.6) is 0 Å². The van der Waals surface area contributed by atoms with Gasteiger partial charge in [0.15, 0.2) is 5.96 Å². The van der Waals surface area contributed by atoms with Crippen molar-refractivity contribution in [1.29, 1.82) is 0 Å². The van der Waals surface area contributed by atoms with E-state index in [0.29, 0.717) is 0 Å². The number of likely N-dealkylation sites (tertiary alicyclic amines) is 1. The van der Waals surface area contributed by atoms with Crippen molar-refractivity contribution in [1.82, 2.24) is 25.3 Å². The van der Waals surface area contributed by atoms with Crippen LogP contribution in [0, 0.1) is 0 Å². The number of guanidine groups is 1. The summed E-state index contributed by atoms with van der Waals surface area (Å²) in [6.45, 7) is 9.40. The molecular weight excluding hydrogens is 372 g/mol. The molecule has 2 heterocycles. The normalized spacial score (nSPS) is 15.4. The zero-order chi connectivity index (χ0) is 21.3. The average molecular weight is 411 g/mol. The van der Waals surface area contributed by atoms with Gasteiger partial charge in [-0.05, 0) is 49.9 Å². The van der Waals surface area contributed by atoms with E-state index in [1.165, 1.54) is 60.4 Å². The minimum Gasteiger partial charge on any atom is -0.352 e. The maximum Gasteiger partial charge on any atom is 0.191 e. The number of hydrogen-bond acceptors (Lipinski definition) is 3. The van der Waals surface area contributed by atoms with Crippen molar-refractivity contribution < 1.29 is 0 Å². The molecule has 1 fully saturated rings. The van der Waals surface area contributed by atoms with Gasteiger partial charge in [-0.1, -0.05) is 44.5 Å². The molecule has 30 heavy (non-hydrogen) atoms. The standard InChI is InChI=1S/C24H38N6/c1-5-22-21(23(6-2)29(4)28-22)17-27-24(25-3)26-16-19-10-12-20(13-11-19)18-30-14-8-7-9-15-30/h10-13H,5-9,14-18H2,1-4H3,(H2,25,26,27). The monoisotopic (exact) mass is 410 g/mol. The summed E-state index contributed by atoms with van der Waals surface area (Å²) >= 11 is 0. The molecule has 0 radical (unpaired) electrons. The lowest BCUT2D eigenvalue weighted by molar-refractivity contribution is 0.221. The zero-order valence-electron chi connectivity index (χ0n) is 19.2. The Balaban J connectivity index is 1.51. The van der Waals surface area contributed by atoms with Crippen LogP contribution in [0.3, 0.4) is 0 Å². The van der Waals surface area contributed by atoms with E-state index >= 15 is 0 Å². The van der Waals surface area contributed by atoms with Gasteiger partial charge >= 0.3 is 0 Å². The van der Waals surface area contributed by atoms with Crippen LogP contribution in [-0.2, 0) is 39.5 Å². The van der Waals surface area contributed by atoms with Gasteiger partial charge in [-0.25, -0.2) is 0 Å². The predicted molar refractivity (Wildman–Crippen MR) is 125 cm³/mol. The summed E-state index contributed by atoms with van der Waals surface area (Å²) in [7, 11) is 3.85. The highest BCUT2D eigenvalue weighted by molar-refractivity contribution is 5.79. The Labute approximate surface area is 181 Å². The van der Waals surface area contributed by atoms with E-state index in [4.69, 9.17) is 0 Å². The summed E-state index contributed by atoms with van der Waals surface area (Å²) in [5.74, 6) is 0.820. The summed E-state index contributed by atoms with van der Waals surface area (Å²) in [5.41, 5.74) is 6.43. The van der Waals surface area contributed by atoms with Crippen molar-refractivity contribution >= 4 is 5.96 Å². The SMILES string of the molecule is CCc1nn(C)c(CC)c1CNC(=NC)NCc1ccc(CN2CCCCC2)cc1. The first kappa shape index (κ1) is 22.3. The van der Waals surface area contributed by atoms with E-state index in [2.05, 4.69) is 63.7 Å². The molecule has 0 saturated carbocycles.